The van der Waals surface area contributed by atoms with E-state index in [4.69, 9.17) is 4.42 Å². The molecule has 124 valence electrons. The fourth-order valence-electron chi connectivity index (χ4n) is 2.82. The zero-order chi connectivity index (χ0) is 16.1. The zero-order valence-corrected chi connectivity index (χ0v) is 14.5. The molecule has 1 unspecified atom stereocenters. The molecule has 6 heteroatoms. The first-order valence-corrected chi connectivity index (χ1v) is 8.89. The lowest BCUT2D eigenvalue weighted by Gasteiger charge is -2.32. The molecule has 2 aromatic heterocycles. The second-order valence-corrected chi connectivity index (χ2v) is 6.88. The fourth-order valence-corrected chi connectivity index (χ4v) is 3.71. The quantitative estimate of drug-likeness (QED) is 0.652. The van der Waals surface area contributed by atoms with Crippen LogP contribution in [0.3, 0.4) is 0 Å². The van der Waals surface area contributed by atoms with Gasteiger partial charge < -0.3 is 15.1 Å². The van der Waals surface area contributed by atoms with Gasteiger partial charge in [0, 0.05) is 49.7 Å². The van der Waals surface area contributed by atoms with E-state index in [2.05, 4.69) is 38.9 Å². The van der Waals surface area contributed by atoms with Gasteiger partial charge in [0.1, 0.15) is 0 Å². The first kappa shape index (κ1) is 16.1. The van der Waals surface area contributed by atoms with Crippen molar-refractivity contribution in [2.24, 2.45) is 4.99 Å². The highest BCUT2D eigenvalue weighted by molar-refractivity contribution is 7.10. The Morgan fingerprint density at radius 2 is 2.35 bits per heavy atom. The van der Waals surface area contributed by atoms with Crippen molar-refractivity contribution in [2.45, 2.75) is 32.5 Å². The SMILES string of the molecule is CN=C(NCc1ccoc1)NCC(C)N1CCc2sccc2C1. The number of aliphatic imine (C=N–C) groups is 1. The van der Waals surface area contributed by atoms with Crippen molar-refractivity contribution in [3.05, 3.63) is 46.0 Å². The number of hydrogen-bond donors (Lipinski definition) is 2. The lowest BCUT2D eigenvalue weighted by molar-refractivity contribution is 0.192. The summed E-state index contributed by atoms with van der Waals surface area (Å²) in [7, 11) is 1.80. The molecule has 0 aliphatic carbocycles. The number of thiophene rings is 1. The third-order valence-corrected chi connectivity index (χ3v) is 5.31. The number of guanidine groups is 1. The minimum atomic E-state index is 0.468. The maximum Gasteiger partial charge on any atom is 0.191 e. The molecule has 1 aliphatic heterocycles. The van der Waals surface area contributed by atoms with E-state index < -0.39 is 0 Å². The van der Waals surface area contributed by atoms with Crippen LogP contribution in [0, 0.1) is 0 Å². The maximum absolute atomic E-state index is 5.07. The largest absolute Gasteiger partial charge is 0.472 e. The second-order valence-electron chi connectivity index (χ2n) is 5.88. The number of hydrogen-bond acceptors (Lipinski definition) is 4. The van der Waals surface area contributed by atoms with Crippen LogP contribution in [0.2, 0.25) is 0 Å². The molecule has 0 bridgehead atoms. The number of nitrogens with zero attached hydrogens (tertiary/aromatic N) is 2. The standard InChI is InChI=1S/C17H24N4OS/c1-13(21-6-3-16-15(11-21)5-8-23-16)9-19-17(18-2)20-10-14-4-7-22-12-14/h4-5,7-8,12-13H,3,6,9-11H2,1-2H3,(H2,18,19,20). The van der Waals surface area contributed by atoms with Crippen molar-refractivity contribution >= 4 is 17.3 Å². The smallest absolute Gasteiger partial charge is 0.191 e. The van der Waals surface area contributed by atoms with Crippen LogP contribution in [0.15, 0.2) is 39.4 Å². The van der Waals surface area contributed by atoms with Gasteiger partial charge in [-0.25, -0.2) is 0 Å². The number of nitrogens with one attached hydrogen (secondary N) is 2. The fraction of sp³-hybridized carbons (Fsp3) is 0.471. The molecule has 2 aromatic rings. The van der Waals surface area contributed by atoms with E-state index in [-0.39, 0.29) is 0 Å². The van der Waals surface area contributed by atoms with Gasteiger partial charge in [-0.2, -0.15) is 0 Å². The zero-order valence-electron chi connectivity index (χ0n) is 13.7. The molecule has 3 rings (SSSR count). The van der Waals surface area contributed by atoms with Crippen LogP contribution in [-0.4, -0.2) is 37.0 Å². The Balaban J connectivity index is 1.45. The first-order valence-electron chi connectivity index (χ1n) is 8.01. The van der Waals surface area contributed by atoms with E-state index in [0.29, 0.717) is 12.6 Å². The molecular weight excluding hydrogens is 308 g/mol. The van der Waals surface area contributed by atoms with E-state index >= 15 is 0 Å². The van der Waals surface area contributed by atoms with Gasteiger partial charge in [-0.3, -0.25) is 9.89 Å². The van der Waals surface area contributed by atoms with E-state index in [9.17, 15) is 0 Å². The van der Waals surface area contributed by atoms with Gasteiger partial charge in [-0.05, 0) is 36.4 Å². The predicted octanol–water partition coefficient (Wildman–Crippen LogP) is 2.45. The molecule has 0 saturated carbocycles. The van der Waals surface area contributed by atoms with Gasteiger partial charge in [-0.15, -0.1) is 11.3 Å². The van der Waals surface area contributed by atoms with E-state index in [0.717, 1.165) is 31.2 Å². The summed E-state index contributed by atoms with van der Waals surface area (Å²) in [6.45, 7) is 6.06. The summed E-state index contributed by atoms with van der Waals surface area (Å²) in [5, 5.41) is 8.93. The third kappa shape index (κ3) is 4.14. The van der Waals surface area contributed by atoms with Crippen LogP contribution in [0.1, 0.15) is 22.9 Å². The first-order chi connectivity index (χ1) is 11.3. The van der Waals surface area contributed by atoms with Gasteiger partial charge >= 0.3 is 0 Å². The molecule has 1 aliphatic rings. The average molecular weight is 332 g/mol. The van der Waals surface area contributed by atoms with Crippen LogP contribution in [0.4, 0.5) is 0 Å². The lowest BCUT2D eigenvalue weighted by Crippen LogP contribution is -2.47. The van der Waals surface area contributed by atoms with Gasteiger partial charge in [-0.1, -0.05) is 0 Å². The summed E-state index contributed by atoms with van der Waals surface area (Å²) >= 11 is 1.89. The van der Waals surface area contributed by atoms with Crippen LogP contribution in [-0.2, 0) is 19.5 Å². The highest BCUT2D eigenvalue weighted by Crippen LogP contribution is 2.24. The maximum atomic E-state index is 5.07. The highest BCUT2D eigenvalue weighted by Gasteiger charge is 2.21. The second kappa shape index (κ2) is 7.66. The minimum absolute atomic E-state index is 0.468. The van der Waals surface area contributed by atoms with Gasteiger partial charge in [0.15, 0.2) is 5.96 Å². The van der Waals surface area contributed by atoms with Gasteiger partial charge in [0.05, 0.1) is 12.5 Å². The summed E-state index contributed by atoms with van der Waals surface area (Å²) in [6.07, 6.45) is 4.60. The molecule has 0 amide bonds. The van der Waals surface area contributed by atoms with E-state index in [1.807, 2.05) is 17.4 Å². The van der Waals surface area contributed by atoms with E-state index in [1.54, 1.807) is 24.5 Å². The third-order valence-electron chi connectivity index (χ3n) is 4.29. The Kier molecular flexibility index (Phi) is 5.35. The molecule has 23 heavy (non-hydrogen) atoms. The van der Waals surface area contributed by atoms with Crippen molar-refractivity contribution < 1.29 is 4.42 Å². The summed E-state index contributed by atoms with van der Waals surface area (Å²) in [5.41, 5.74) is 2.61. The van der Waals surface area contributed by atoms with Crippen molar-refractivity contribution in [1.82, 2.24) is 15.5 Å². The monoisotopic (exact) mass is 332 g/mol. The minimum Gasteiger partial charge on any atom is -0.472 e. The molecule has 0 fully saturated rings. The molecule has 0 saturated heterocycles. The van der Waals surface area contributed by atoms with Crippen LogP contribution < -0.4 is 10.6 Å². The van der Waals surface area contributed by atoms with Crippen molar-refractivity contribution in [1.29, 1.82) is 0 Å². The summed E-state index contributed by atoms with van der Waals surface area (Å²) in [5.74, 6) is 0.825. The van der Waals surface area contributed by atoms with Crippen molar-refractivity contribution in [2.75, 3.05) is 20.1 Å². The Labute approximate surface area is 141 Å². The van der Waals surface area contributed by atoms with Crippen molar-refractivity contribution in [3.63, 3.8) is 0 Å². The Bertz CT molecular complexity index is 635. The summed E-state index contributed by atoms with van der Waals surface area (Å²) in [6, 6.07) is 4.68. The van der Waals surface area contributed by atoms with Crippen LogP contribution >= 0.6 is 11.3 Å². The molecule has 5 nitrogen and oxygen atoms in total. The lowest BCUT2D eigenvalue weighted by atomic mass is 10.1. The molecule has 0 spiro atoms. The summed E-state index contributed by atoms with van der Waals surface area (Å²) in [4.78, 5) is 8.37. The van der Waals surface area contributed by atoms with Crippen molar-refractivity contribution in [3.8, 4) is 0 Å². The Hall–Kier alpha value is -1.79. The number of fused-ring (bicyclic) bond motifs is 1. The Morgan fingerprint density at radius 3 is 3.13 bits per heavy atom. The van der Waals surface area contributed by atoms with Crippen LogP contribution in [0.25, 0.3) is 0 Å². The highest BCUT2D eigenvalue weighted by atomic mass is 32.1. The van der Waals surface area contributed by atoms with E-state index in [1.165, 1.54) is 12.0 Å². The predicted molar refractivity (Wildman–Crippen MR) is 94.8 cm³/mol. The number of furan rings is 1. The molecule has 0 aromatic carbocycles. The molecule has 1 atom stereocenters. The molecule has 0 radical (unpaired) electrons. The summed E-state index contributed by atoms with van der Waals surface area (Å²) < 4.78 is 5.07. The molecule has 3 heterocycles. The van der Waals surface area contributed by atoms with Gasteiger partial charge in [0.25, 0.3) is 0 Å². The normalized spacial score (nSPS) is 16.9. The van der Waals surface area contributed by atoms with Crippen LogP contribution in [0.5, 0.6) is 0 Å². The molecular formula is C17H24N4OS. The van der Waals surface area contributed by atoms with Gasteiger partial charge in [0.2, 0.25) is 0 Å². The average Bonchev–Trinajstić information content (AvgIpc) is 3.25. The Morgan fingerprint density at radius 1 is 1.43 bits per heavy atom. The molecule has 2 N–H and O–H groups in total. The number of rotatable bonds is 5. The topological polar surface area (TPSA) is 52.8 Å².